The third kappa shape index (κ3) is 2.89. The van der Waals surface area contributed by atoms with E-state index in [2.05, 4.69) is 0 Å². The summed E-state index contributed by atoms with van der Waals surface area (Å²) in [6, 6.07) is 4.52. The van der Waals surface area contributed by atoms with Crippen molar-refractivity contribution in [1.29, 1.82) is 0 Å². The first-order valence-corrected chi connectivity index (χ1v) is 5.37. The van der Waals surface area contributed by atoms with E-state index >= 15 is 0 Å². The van der Waals surface area contributed by atoms with Gasteiger partial charge in [-0.15, -0.1) is 0 Å². The molecule has 4 nitrogen and oxygen atoms in total. The largest absolute Gasteiger partial charge is 0.488 e. The summed E-state index contributed by atoms with van der Waals surface area (Å²) in [5.41, 5.74) is 6.27. The van der Waals surface area contributed by atoms with Gasteiger partial charge in [0.25, 0.3) is 0 Å². The first-order valence-electron chi connectivity index (χ1n) is 5.37. The minimum Gasteiger partial charge on any atom is -0.488 e. The average Bonchev–Trinajstić information content (AvgIpc) is 2.27. The first-order chi connectivity index (χ1) is 7.58. The van der Waals surface area contributed by atoms with Crippen molar-refractivity contribution in [2.24, 2.45) is 0 Å². The Kier molecular flexibility index (Phi) is 4.17. The molecule has 0 atom stereocenters. The van der Waals surface area contributed by atoms with E-state index in [0.29, 0.717) is 11.4 Å². The molecule has 16 heavy (non-hydrogen) atoms. The Balaban J connectivity index is 2.86. The van der Waals surface area contributed by atoms with Gasteiger partial charge in [0.2, 0.25) is 0 Å². The summed E-state index contributed by atoms with van der Waals surface area (Å²) in [4.78, 5) is 10.7. The number of ether oxygens (including phenoxy) is 1. The average molecular weight is 223 g/mol. The molecule has 0 heterocycles. The van der Waals surface area contributed by atoms with Gasteiger partial charge in [0.15, 0.2) is 0 Å². The van der Waals surface area contributed by atoms with Gasteiger partial charge in [-0.3, -0.25) is 0 Å². The predicted molar refractivity (Wildman–Crippen MR) is 62.8 cm³/mol. The van der Waals surface area contributed by atoms with E-state index in [1.165, 1.54) is 12.1 Å². The third-order valence-corrected chi connectivity index (χ3v) is 2.46. The molecule has 0 aliphatic carbocycles. The Labute approximate surface area is 95.0 Å². The summed E-state index contributed by atoms with van der Waals surface area (Å²) in [5, 5.41) is 8.78. The van der Waals surface area contributed by atoms with Crippen molar-refractivity contribution in [1.82, 2.24) is 0 Å². The minimum absolute atomic E-state index is 0.123. The molecule has 1 aromatic carbocycles. The Morgan fingerprint density at radius 2 is 2.06 bits per heavy atom. The molecule has 0 spiro atoms. The summed E-state index contributed by atoms with van der Waals surface area (Å²) in [7, 11) is 0. The number of anilines is 1. The first kappa shape index (κ1) is 12.4. The van der Waals surface area contributed by atoms with Crippen LogP contribution in [0.3, 0.4) is 0 Å². The van der Waals surface area contributed by atoms with Crippen LogP contribution in [0.15, 0.2) is 18.2 Å². The molecule has 0 radical (unpaired) electrons. The number of carbonyl (C=O) groups is 1. The fraction of sp³-hybridized carbons (Fsp3) is 0.417. The second-order valence-electron chi connectivity index (χ2n) is 3.61. The van der Waals surface area contributed by atoms with E-state index in [0.717, 1.165) is 12.8 Å². The van der Waals surface area contributed by atoms with Crippen LogP contribution in [0.5, 0.6) is 5.75 Å². The molecule has 0 fully saturated rings. The smallest absolute Gasteiger partial charge is 0.335 e. The number of rotatable bonds is 5. The van der Waals surface area contributed by atoms with Crippen molar-refractivity contribution < 1.29 is 14.6 Å². The highest BCUT2D eigenvalue weighted by molar-refractivity contribution is 5.89. The number of carboxylic acid groups (broad SMARTS) is 1. The van der Waals surface area contributed by atoms with Gasteiger partial charge in [0, 0.05) is 0 Å². The van der Waals surface area contributed by atoms with E-state index < -0.39 is 5.97 Å². The van der Waals surface area contributed by atoms with Crippen LogP contribution in [-0.2, 0) is 0 Å². The number of carboxylic acids is 1. The monoisotopic (exact) mass is 223 g/mol. The lowest BCUT2D eigenvalue weighted by Gasteiger charge is -2.17. The number of hydrogen-bond acceptors (Lipinski definition) is 3. The molecule has 3 N–H and O–H groups in total. The number of nitrogen functional groups attached to an aromatic ring is 1. The molecule has 0 amide bonds. The molecule has 1 rings (SSSR count). The predicted octanol–water partition coefficient (Wildman–Crippen LogP) is 2.53. The van der Waals surface area contributed by atoms with E-state index in [1.54, 1.807) is 6.07 Å². The fourth-order valence-electron chi connectivity index (χ4n) is 1.42. The number of aromatic carboxylic acids is 1. The fourth-order valence-corrected chi connectivity index (χ4v) is 1.42. The molecule has 0 saturated heterocycles. The highest BCUT2D eigenvalue weighted by atomic mass is 16.5. The summed E-state index contributed by atoms with van der Waals surface area (Å²) < 4.78 is 5.66. The Morgan fingerprint density at radius 1 is 1.44 bits per heavy atom. The number of benzene rings is 1. The molecule has 0 aliphatic rings. The maximum absolute atomic E-state index is 10.7. The topological polar surface area (TPSA) is 72.5 Å². The van der Waals surface area contributed by atoms with Gasteiger partial charge in [-0.05, 0) is 31.0 Å². The highest BCUT2D eigenvalue weighted by Gasteiger charge is 2.10. The zero-order valence-electron chi connectivity index (χ0n) is 9.56. The van der Waals surface area contributed by atoms with Gasteiger partial charge in [0.1, 0.15) is 5.75 Å². The van der Waals surface area contributed by atoms with Crippen LogP contribution in [0, 0.1) is 0 Å². The second-order valence-corrected chi connectivity index (χ2v) is 3.61. The molecule has 88 valence electrons. The van der Waals surface area contributed by atoms with Crippen LogP contribution in [0.4, 0.5) is 5.69 Å². The number of hydrogen-bond donors (Lipinski definition) is 2. The van der Waals surface area contributed by atoms with Gasteiger partial charge in [-0.25, -0.2) is 4.79 Å². The van der Waals surface area contributed by atoms with Crippen molar-refractivity contribution in [2.45, 2.75) is 32.8 Å². The Morgan fingerprint density at radius 3 is 2.50 bits per heavy atom. The minimum atomic E-state index is -0.985. The Bertz CT molecular complexity index is 373. The lowest BCUT2D eigenvalue weighted by Crippen LogP contribution is -2.14. The van der Waals surface area contributed by atoms with Crippen LogP contribution in [0.25, 0.3) is 0 Å². The molecule has 0 unspecified atom stereocenters. The summed E-state index contributed by atoms with van der Waals surface area (Å²) in [5.74, 6) is -0.431. The zero-order chi connectivity index (χ0) is 12.1. The number of nitrogens with two attached hydrogens (primary N) is 1. The Hall–Kier alpha value is -1.71. The van der Waals surface area contributed by atoms with Gasteiger partial charge in [-0.2, -0.15) is 0 Å². The molecule has 4 heteroatoms. The normalized spacial score (nSPS) is 10.4. The lowest BCUT2D eigenvalue weighted by atomic mass is 10.2. The van der Waals surface area contributed by atoms with E-state index in [4.69, 9.17) is 15.6 Å². The van der Waals surface area contributed by atoms with Crippen molar-refractivity contribution in [2.75, 3.05) is 5.73 Å². The van der Waals surface area contributed by atoms with E-state index in [1.807, 2.05) is 13.8 Å². The maximum Gasteiger partial charge on any atom is 0.335 e. The van der Waals surface area contributed by atoms with Gasteiger partial charge in [-0.1, -0.05) is 13.8 Å². The summed E-state index contributed by atoms with van der Waals surface area (Å²) in [6.45, 7) is 4.08. The summed E-state index contributed by atoms with van der Waals surface area (Å²) in [6.07, 6.45) is 1.92. The third-order valence-electron chi connectivity index (χ3n) is 2.46. The molecular formula is C12H17NO3. The van der Waals surface area contributed by atoms with Crippen molar-refractivity contribution in [3.05, 3.63) is 23.8 Å². The van der Waals surface area contributed by atoms with Crippen LogP contribution >= 0.6 is 0 Å². The molecule has 1 aromatic rings. The second kappa shape index (κ2) is 5.39. The molecule has 0 aliphatic heterocycles. The lowest BCUT2D eigenvalue weighted by molar-refractivity contribution is 0.0697. The van der Waals surface area contributed by atoms with Gasteiger partial charge in [0.05, 0.1) is 17.4 Å². The molecule has 0 bridgehead atoms. The van der Waals surface area contributed by atoms with Crippen molar-refractivity contribution in [3.63, 3.8) is 0 Å². The molecule has 0 aromatic heterocycles. The van der Waals surface area contributed by atoms with Crippen LogP contribution in [0.1, 0.15) is 37.0 Å². The van der Waals surface area contributed by atoms with Crippen LogP contribution in [-0.4, -0.2) is 17.2 Å². The maximum atomic E-state index is 10.7. The van der Waals surface area contributed by atoms with Gasteiger partial charge < -0.3 is 15.6 Å². The quantitative estimate of drug-likeness (QED) is 0.752. The van der Waals surface area contributed by atoms with Crippen LogP contribution < -0.4 is 10.5 Å². The highest BCUT2D eigenvalue weighted by Crippen LogP contribution is 2.24. The standard InChI is InChI=1S/C12H17NO3/c1-3-9(4-2)16-11-6-5-8(12(14)15)7-10(11)13/h5-7,9H,3-4,13H2,1-2H3,(H,14,15). The molecule has 0 saturated carbocycles. The zero-order valence-corrected chi connectivity index (χ0v) is 9.56. The van der Waals surface area contributed by atoms with Crippen molar-refractivity contribution in [3.8, 4) is 5.75 Å². The summed E-state index contributed by atoms with van der Waals surface area (Å²) >= 11 is 0. The van der Waals surface area contributed by atoms with Crippen LogP contribution in [0.2, 0.25) is 0 Å². The SMILES string of the molecule is CCC(CC)Oc1ccc(C(=O)O)cc1N. The molecular weight excluding hydrogens is 206 g/mol. The van der Waals surface area contributed by atoms with E-state index in [9.17, 15) is 4.79 Å². The van der Waals surface area contributed by atoms with E-state index in [-0.39, 0.29) is 11.7 Å². The van der Waals surface area contributed by atoms with Crippen molar-refractivity contribution >= 4 is 11.7 Å². The van der Waals surface area contributed by atoms with Gasteiger partial charge >= 0.3 is 5.97 Å².